The molecule has 4 rings (SSSR count). The molecule has 0 amide bonds. The molecule has 0 bridgehead atoms. The largest absolute Gasteiger partial charge is 0.405 e. The van der Waals surface area contributed by atoms with Crippen LogP contribution in [0.1, 0.15) is 12.1 Å². The minimum Gasteiger partial charge on any atom is -0.395 e. The third-order valence-electron chi connectivity index (χ3n) is 4.83. The van der Waals surface area contributed by atoms with Gasteiger partial charge in [0.05, 0.1) is 28.1 Å². The first kappa shape index (κ1) is 20.8. The molecule has 4 N–H and O–H groups in total. The van der Waals surface area contributed by atoms with Crippen LogP contribution in [0.15, 0.2) is 24.3 Å². The second-order valence-corrected chi connectivity index (χ2v) is 8.21. The van der Waals surface area contributed by atoms with Gasteiger partial charge in [-0.05, 0) is 25.5 Å². The predicted molar refractivity (Wildman–Crippen MR) is 111 cm³/mol. The number of aliphatic hydroxyl groups is 1. The van der Waals surface area contributed by atoms with Gasteiger partial charge in [0.25, 0.3) is 0 Å². The van der Waals surface area contributed by atoms with E-state index in [4.69, 9.17) is 0 Å². The van der Waals surface area contributed by atoms with Gasteiger partial charge in [-0.15, -0.1) is 11.3 Å². The van der Waals surface area contributed by atoms with Crippen LogP contribution >= 0.6 is 11.3 Å². The van der Waals surface area contributed by atoms with Crippen LogP contribution in [0.2, 0.25) is 0 Å². The Hall–Kier alpha value is -2.50. The molecule has 1 aliphatic heterocycles. The molecular formula is C19H21F3N6OS. The number of nitrogens with zero attached hydrogens (tertiary/aromatic N) is 3. The highest BCUT2D eigenvalue weighted by molar-refractivity contribution is 7.21. The fourth-order valence-electron chi connectivity index (χ4n) is 3.43. The lowest BCUT2D eigenvalue weighted by atomic mass is 10.1. The van der Waals surface area contributed by atoms with Crippen molar-refractivity contribution in [2.45, 2.75) is 31.6 Å². The molecule has 0 aliphatic carbocycles. The summed E-state index contributed by atoms with van der Waals surface area (Å²) in [5.74, 6) is 0.332. The summed E-state index contributed by atoms with van der Waals surface area (Å²) in [5, 5.41) is 18.8. The minimum atomic E-state index is -4.37. The van der Waals surface area contributed by atoms with E-state index in [0.717, 1.165) is 10.2 Å². The van der Waals surface area contributed by atoms with E-state index in [2.05, 4.69) is 30.9 Å². The Morgan fingerprint density at radius 2 is 2.03 bits per heavy atom. The lowest BCUT2D eigenvalue weighted by molar-refractivity contribution is -0.115. The highest BCUT2D eigenvalue weighted by atomic mass is 32.1. The Bertz CT molecular complexity index is 1010. The van der Waals surface area contributed by atoms with Crippen LogP contribution in [-0.4, -0.2) is 58.0 Å². The van der Waals surface area contributed by atoms with Crippen molar-refractivity contribution in [2.75, 3.05) is 30.3 Å². The zero-order valence-corrected chi connectivity index (χ0v) is 16.9. The van der Waals surface area contributed by atoms with Gasteiger partial charge in [-0.2, -0.15) is 18.2 Å². The van der Waals surface area contributed by atoms with E-state index >= 15 is 0 Å². The van der Waals surface area contributed by atoms with E-state index in [1.807, 2.05) is 24.3 Å². The van der Waals surface area contributed by atoms with Crippen LogP contribution in [0, 0.1) is 6.92 Å². The zero-order valence-electron chi connectivity index (χ0n) is 16.1. The first-order valence-electron chi connectivity index (χ1n) is 9.48. The Balaban J connectivity index is 1.71. The van der Waals surface area contributed by atoms with Crippen LogP contribution in [0.4, 0.5) is 24.9 Å². The topological polar surface area (TPSA) is 95.0 Å². The molecule has 30 heavy (non-hydrogen) atoms. The second kappa shape index (κ2) is 8.32. The fraction of sp³-hybridized carbons (Fsp3) is 0.421. The number of nitrogens with one attached hydrogen (secondary N) is 3. The summed E-state index contributed by atoms with van der Waals surface area (Å²) in [4.78, 5) is 13.2. The average molecular weight is 438 g/mol. The molecule has 7 nitrogen and oxygen atoms in total. The van der Waals surface area contributed by atoms with E-state index in [1.165, 1.54) is 11.3 Å². The first-order valence-corrected chi connectivity index (χ1v) is 10.3. The van der Waals surface area contributed by atoms with E-state index < -0.39 is 12.7 Å². The lowest BCUT2D eigenvalue weighted by Crippen LogP contribution is -2.26. The van der Waals surface area contributed by atoms with E-state index in [0.29, 0.717) is 35.0 Å². The molecule has 0 spiro atoms. The van der Waals surface area contributed by atoms with E-state index in [1.54, 1.807) is 6.92 Å². The summed E-state index contributed by atoms with van der Waals surface area (Å²) in [6, 6.07) is 7.64. The van der Waals surface area contributed by atoms with Crippen molar-refractivity contribution in [3.63, 3.8) is 0 Å². The van der Waals surface area contributed by atoms with Gasteiger partial charge in [0.15, 0.2) is 0 Å². The number of benzene rings is 1. The maximum absolute atomic E-state index is 12.6. The summed E-state index contributed by atoms with van der Waals surface area (Å²) in [6.07, 6.45) is -3.70. The van der Waals surface area contributed by atoms with E-state index in [-0.39, 0.29) is 24.6 Å². The minimum absolute atomic E-state index is 0.0180. The molecule has 0 saturated carbocycles. The number of alkyl halides is 3. The number of halogens is 3. The standard InChI is InChI=1S/C19H21F3N6OS/c1-10-15(17-27-13-4-2-3-5-14(13)30-17)16(26-11-6-12(8-29)23-7-11)28-18(25-10)24-9-19(20,21)22/h2-5,11-12,23,29H,6-9H2,1H3,(H2,24,25,26,28). The second-order valence-electron chi connectivity index (χ2n) is 7.18. The fourth-order valence-corrected chi connectivity index (χ4v) is 4.50. The van der Waals surface area contributed by atoms with Crippen molar-refractivity contribution in [1.29, 1.82) is 0 Å². The molecule has 2 atom stereocenters. The van der Waals surface area contributed by atoms with Gasteiger partial charge < -0.3 is 21.1 Å². The van der Waals surface area contributed by atoms with Gasteiger partial charge in [0.1, 0.15) is 17.4 Å². The Morgan fingerprint density at radius 1 is 1.23 bits per heavy atom. The van der Waals surface area contributed by atoms with Crippen molar-refractivity contribution in [2.24, 2.45) is 0 Å². The number of anilines is 2. The van der Waals surface area contributed by atoms with Crippen molar-refractivity contribution in [1.82, 2.24) is 20.3 Å². The van der Waals surface area contributed by atoms with Crippen molar-refractivity contribution in [3.05, 3.63) is 30.0 Å². The summed E-state index contributed by atoms with van der Waals surface area (Å²) < 4.78 is 38.9. The Labute approximate surface area is 174 Å². The highest BCUT2D eigenvalue weighted by Gasteiger charge is 2.29. The third kappa shape index (κ3) is 4.63. The number of thiazole rings is 1. The van der Waals surface area contributed by atoms with Gasteiger partial charge in [-0.25, -0.2) is 9.97 Å². The van der Waals surface area contributed by atoms with Gasteiger partial charge >= 0.3 is 6.18 Å². The molecule has 1 saturated heterocycles. The van der Waals surface area contributed by atoms with Crippen molar-refractivity contribution >= 4 is 33.3 Å². The van der Waals surface area contributed by atoms with Crippen LogP contribution in [0.3, 0.4) is 0 Å². The van der Waals surface area contributed by atoms with Crippen LogP contribution in [0.5, 0.6) is 0 Å². The number of rotatable bonds is 6. The molecule has 1 aliphatic rings. The molecule has 0 radical (unpaired) electrons. The van der Waals surface area contributed by atoms with Gasteiger partial charge in [-0.1, -0.05) is 12.1 Å². The first-order chi connectivity index (χ1) is 14.3. The Kier molecular flexibility index (Phi) is 5.76. The quantitative estimate of drug-likeness (QED) is 0.470. The molecule has 1 aromatic carbocycles. The van der Waals surface area contributed by atoms with Crippen LogP contribution in [-0.2, 0) is 0 Å². The lowest BCUT2D eigenvalue weighted by Gasteiger charge is -2.18. The number of aryl methyl sites for hydroxylation is 1. The van der Waals surface area contributed by atoms with Gasteiger partial charge in [0, 0.05) is 18.6 Å². The molecule has 1 fully saturated rings. The zero-order chi connectivity index (χ0) is 21.3. The van der Waals surface area contributed by atoms with Gasteiger partial charge in [0.2, 0.25) is 5.95 Å². The number of aromatic nitrogens is 3. The summed E-state index contributed by atoms with van der Waals surface area (Å²) in [7, 11) is 0. The number of fused-ring (bicyclic) bond motifs is 1. The van der Waals surface area contributed by atoms with Crippen LogP contribution in [0.25, 0.3) is 20.8 Å². The summed E-state index contributed by atoms with van der Waals surface area (Å²) in [6.45, 7) is 1.14. The average Bonchev–Trinajstić information content (AvgIpc) is 3.32. The Morgan fingerprint density at radius 3 is 2.73 bits per heavy atom. The summed E-state index contributed by atoms with van der Waals surface area (Å²) >= 11 is 1.48. The number of para-hydroxylation sites is 1. The smallest absolute Gasteiger partial charge is 0.395 e. The molecule has 2 unspecified atom stereocenters. The van der Waals surface area contributed by atoms with Crippen molar-refractivity contribution < 1.29 is 18.3 Å². The molecule has 11 heteroatoms. The maximum Gasteiger partial charge on any atom is 0.405 e. The van der Waals surface area contributed by atoms with E-state index in [9.17, 15) is 18.3 Å². The molecule has 3 aromatic rings. The molecule has 2 aromatic heterocycles. The van der Waals surface area contributed by atoms with Crippen LogP contribution < -0.4 is 16.0 Å². The molecule has 160 valence electrons. The van der Waals surface area contributed by atoms with Crippen molar-refractivity contribution in [3.8, 4) is 10.6 Å². The molecule has 3 heterocycles. The van der Waals surface area contributed by atoms with Gasteiger partial charge in [-0.3, -0.25) is 0 Å². The molecular weight excluding hydrogens is 417 g/mol. The summed E-state index contributed by atoms with van der Waals surface area (Å²) in [5.41, 5.74) is 2.03. The number of hydrogen-bond acceptors (Lipinski definition) is 8. The number of aliphatic hydroxyl groups excluding tert-OH is 1. The monoisotopic (exact) mass is 438 g/mol. The highest BCUT2D eigenvalue weighted by Crippen LogP contribution is 2.36. The SMILES string of the molecule is Cc1nc(NCC(F)(F)F)nc(NC2CNC(CO)C2)c1-c1nc2ccccc2s1. The normalized spacial score (nSPS) is 19.4. The number of hydrogen-bond donors (Lipinski definition) is 4. The third-order valence-corrected chi connectivity index (χ3v) is 5.88. The predicted octanol–water partition coefficient (Wildman–Crippen LogP) is 3.17. The maximum atomic E-state index is 12.6.